The lowest BCUT2D eigenvalue weighted by atomic mass is 9.91. The Kier molecular flexibility index (Phi) is 5.48. The van der Waals surface area contributed by atoms with Gasteiger partial charge in [-0.1, -0.05) is 17.3 Å². The summed E-state index contributed by atoms with van der Waals surface area (Å²) >= 11 is 0. The first-order valence-corrected chi connectivity index (χ1v) is 9.68. The van der Waals surface area contributed by atoms with Crippen LogP contribution in [0.15, 0.2) is 47.0 Å². The van der Waals surface area contributed by atoms with Crippen molar-refractivity contribution < 1.29 is 13.3 Å². The summed E-state index contributed by atoms with van der Waals surface area (Å²) in [7, 11) is 0. The molecule has 0 N–H and O–H groups in total. The van der Waals surface area contributed by atoms with Crippen molar-refractivity contribution in [2.24, 2.45) is 5.92 Å². The molecule has 0 radical (unpaired) electrons. The molecule has 142 valence electrons. The van der Waals surface area contributed by atoms with Crippen molar-refractivity contribution in [3.63, 3.8) is 0 Å². The number of hydrogen-bond donors (Lipinski definition) is 0. The Balaban J connectivity index is 1.22. The molecule has 0 atom stereocenters. The van der Waals surface area contributed by atoms with Crippen LogP contribution < -0.4 is 0 Å². The highest BCUT2D eigenvalue weighted by molar-refractivity contribution is 5.79. The van der Waals surface area contributed by atoms with Gasteiger partial charge in [0, 0.05) is 18.0 Å². The Morgan fingerprint density at radius 1 is 0.963 bits per heavy atom. The van der Waals surface area contributed by atoms with Gasteiger partial charge in [-0.2, -0.15) is 0 Å². The number of likely N-dealkylation sites (tertiary alicyclic amines) is 1. The average Bonchev–Trinajstić information content (AvgIpc) is 3.09. The van der Waals surface area contributed by atoms with Gasteiger partial charge in [0.25, 0.3) is 0 Å². The van der Waals surface area contributed by atoms with E-state index in [0.717, 1.165) is 50.0 Å². The lowest BCUT2D eigenvalue weighted by molar-refractivity contribution is 0.180. The predicted octanol–water partition coefficient (Wildman–Crippen LogP) is 4.99. The highest BCUT2D eigenvalue weighted by atomic mass is 19.1. The van der Waals surface area contributed by atoms with Crippen molar-refractivity contribution in [1.29, 1.82) is 0 Å². The molecule has 4 rings (SSSR count). The van der Waals surface area contributed by atoms with E-state index in [2.05, 4.69) is 10.1 Å². The molecule has 1 aliphatic heterocycles. The summed E-state index contributed by atoms with van der Waals surface area (Å²) in [6.07, 6.45) is 5.30. The molecular formula is C22H24F2N2O. The number of nitrogens with zero attached hydrogens (tertiary/aromatic N) is 2. The number of hydrogen-bond acceptors (Lipinski definition) is 3. The SMILES string of the molecule is Fc1ccc(CCN2CCC(CCc3noc4cc(F)ccc34)CC2)cc1. The van der Waals surface area contributed by atoms with Crippen LogP contribution in [0.3, 0.4) is 0 Å². The second-order valence-electron chi connectivity index (χ2n) is 7.47. The summed E-state index contributed by atoms with van der Waals surface area (Å²) in [5, 5.41) is 5.05. The molecular weight excluding hydrogens is 346 g/mol. The van der Waals surface area contributed by atoms with Gasteiger partial charge in [-0.15, -0.1) is 0 Å². The standard InChI is InChI=1S/C22H24F2N2O/c23-18-4-1-16(2-5-18)9-12-26-13-10-17(11-14-26)3-8-21-20-7-6-19(24)15-22(20)27-25-21/h1-2,4-7,15,17H,3,8-14H2. The highest BCUT2D eigenvalue weighted by Gasteiger charge is 2.20. The van der Waals surface area contributed by atoms with E-state index in [0.29, 0.717) is 11.5 Å². The Hall–Kier alpha value is -2.27. The van der Waals surface area contributed by atoms with E-state index in [9.17, 15) is 8.78 Å². The van der Waals surface area contributed by atoms with Crippen LogP contribution in [0, 0.1) is 17.6 Å². The lowest BCUT2D eigenvalue weighted by Crippen LogP contribution is -2.35. The van der Waals surface area contributed by atoms with Gasteiger partial charge in [0.15, 0.2) is 5.58 Å². The number of benzene rings is 2. The molecule has 3 nitrogen and oxygen atoms in total. The highest BCUT2D eigenvalue weighted by Crippen LogP contribution is 2.26. The summed E-state index contributed by atoms with van der Waals surface area (Å²) < 4.78 is 31.5. The van der Waals surface area contributed by atoms with E-state index < -0.39 is 0 Å². The maximum atomic E-state index is 13.2. The molecule has 2 heterocycles. The molecule has 3 aromatic rings. The number of aryl methyl sites for hydroxylation is 1. The largest absolute Gasteiger partial charge is 0.356 e. The Morgan fingerprint density at radius 2 is 1.70 bits per heavy atom. The fourth-order valence-electron chi connectivity index (χ4n) is 3.92. The number of rotatable bonds is 6. The minimum atomic E-state index is -0.293. The first-order valence-electron chi connectivity index (χ1n) is 9.68. The summed E-state index contributed by atoms with van der Waals surface area (Å²) in [5.41, 5.74) is 2.65. The van der Waals surface area contributed by atoms with Gasteiger partial charge < -0.3 is 9.42 Å². The summed E-state index contributed by atoms with van der Waals surface area (Å²) in [6, 6.07) is 11.4. The quantitative estimate of drug-likeness (QED) is 0.612. The lowest BCUT2D eigenvalue weighted by Gasteiger charge is -2.31. The normalized spacial score (nSPS) is 16.2. The minimum absolute atomic E-state index is 0.176. The molecule has 5 heteroatoms. The van der Waals surface area contributed by atoms with E-state index in [1.807, 2.05) is 12.1 Å². The minimum Gasteiger partial charge on any atom is -0.356 e. The van der Waals surface area contributed by atoms with Crippen molar-refractivity contribution in [3.05, 3.63) is 65.4 Å². The Bertz CT molecular complexity index is 883. The van der Waals surface area contributed by atoms with Crippen LogP contribution in [0.1, 0.15) is 30.5 Å². The van der Waals surface area contributed by atoms with Crippen LogP contribution in [0.5, 0.6) is 0 Å². The number of halogens is 2. The molecule has 0 saturated carbocycles. The molecule has 1 fully saturated rings. The molecule has 0 bridgehead atoms. The second-order valence-corrected chi connectivity index (χ2v) is 7.47. The van der Waals surface area contributed by atoms with Crippen molar-refractivity contribution >= 4 is 11.0 Å². The molecule has 1 aromatic heterocycles. The third kappa shape index (κ3) is 4.53. The third-order valence-electron chi connectivity index (χ3n) is 5.64. The molecule has 2 aromatic carbocycles. The van der Waals surface area contributed by atoms with Crippen molar-refractivity contribution in [2.75, 3.05) is 19.6 Å². The van der Waals surface area contributed by atoms with Gasteiger partial charge in [0.1, 0.15) is 11.6 Å². The number of aromatic nitrogens is 1. The smallest absolute Gasteiger partial charge is 0.170 e. The van der Waals surface area contributed by atoms with Gasteiger partial charge >= 0.3 is 0 Å². The van der Waals surface area contributed by atoms with Gasteiger partial charge in [0.05, 0.1) is 5.69 Å². The first kappa shape index (κ1) is 18.1. The van der Waals surface area contributed by atoms with E-state index in [-0.39, 0.29) is 11.6 Å². The van der Waals surface area contributed by atoms with E-state index in [1.54, 1.807) is 6.07 Å². The molecule has 1 aliphatic rings. The van der Waals surface area contributed by atoms with Crippen LogP contribution in [0.25, 0.3) is 11.0 Å². The zero-order chi connectivity index (χ0) is 18.6. The molecule has 1 saturated heterocycles. The monoisotopic (exact) mass is 370 g/mol. The van der Waals surface area contributed by atoms with E-state index >= 15 is 0 Å². The molecule has 0 amide bonds. The van der Waals surface area contributed by atoms with E-state index in [4.69, 9.17) is 4.52 Å². The van der Waals surface area contributed by atoms with Crippen LogP contribution in [0.2, 0.25) is 0 Å². The number of piperidine rings is 1. The van der Waals surface area contributed by atoms with Gasteiger partial charge in [-0.25, -0.2) is 8.78 Å². The van der Waals surface area contributed by atoms with Gasteiger partial charge in [0.2, 0.25) is 0 Å². The Labute approximate surface area is 158 Å². The zero-order valence-corrected chi connectivity index (χ0v) is 15.3. The molecule has 27 heavy (non-hydrogen) atoms. The zero-order valence-electron chi connectivity index (χ0n) is 15.3. The van der Waals surface area contributed by atoms with Crippen molar-refractivity contribution in [2.45, 2.75) is 32.1 Å². The molecule has 0 spiro atoms. The fourth-order valence-corrected chi connectivity index (χ4v) is 3.92. The van der Waals surface area contributed by atoms with E-state index in [1.165, 1.54) is 42.7 Å². The maximum Gasteiger partial charge on any atom is 0.170 e. The average molecular weight is 370 g/mol. The van der Waals surface area contributed by atoms with Crippen LogP contribution in [-0.2, 0) is 12.8 Å². The third-order valence-corrected chi connectivity index (χ3v) is 5.64. The van der Waals surface area contributed by atoms with Gasteiger partial charge in [-0.3, -0.25) is 0 Å². The van der Waals surface area contributed by atoms with Crippen LogP contribution in [0.4, 0.5) is 8.78 Å². The summed E-state index contributed by atoms with van der Waals surface area (Å²) in [4.78, 5) is 2.49. The summed E-state index contributed by atoms with van der Waals surface area (Å²) in [5.74, 6) is 0.224. The van der Waals surface area contributed by atoms with Gasteiger partial charge in [-0.05, 0) is 80.9 Å². The molecule has 0 aliphatic carbocycles. The maximum absolute atomic E-state index is 13.2. The second kappa shape index (κ2) is 8.17. The number of fused-ring (bicyclic) bond motifs is 1. The van der Waals surface area contributed by atoms with Crippen LogP contribution in [-0.4, -0.2) is 29.7 Å². The first-order chi connectivity index (χ1) is 13.2. The predicted molar refractivity (Wildman–Crippen MR) is 102 cm³/mol. The van der Waals surface area contributed by atoms with Crippen molar-refractivity contribution in [3.8, 4) is 0 Å². The summed E-state index contributed by atoms with van der Waals surface area (Å²) in [6.45, 7) is 3.24. The topological polar surface area (TPSA) is 29.3 Å². The fraction of sp³-hybridized carbons (Fsp3) is 0.409. The Morgan fingerprint density at radius 3 is 2.48 bits per heavy atom. The van der Waals surface area contributed by atoms with Crippen LogP contribution >= 0.6 is 0 Å². The van der Waals surface area contributed by atoms with Crippen molar-refractivity contribution in [1.82, 2.24) is 10.1 Å². The molecule has 0 unspecified atom stereocenters.